The average Bonchev–Trinajstić information content (AvgIpc) is 2.69. The van der Waals surface area contributed by atoms with Gasteiger partial charge >= 0.3 is 0 Å². The molecule has 0 unspecified atom stereocenters. The van der Waals surface area contributed by atoms with Gasteiger partial charge in [0.2, 0.25) is 0 Å². The summed E-state index contributed by atoms with van der Waals surface area (Å²) < 4.78 is 3.29. The molecule has 0 radical (unpaired) electrons. The fraction of sp³-hybridized carbons (Fsp3) is 0. The van der Waals surface area contributed by atoms with Gasteiger partial charge in [-0.1, -0.05) is 34.8 Å². The number of fused-ring (bicyclic) bond motifs is 1. The third-order valence-corrected chi connectivity index (χ3v) is 4.79. The first-order valence-corrected chi connectivity index (χ1v) is 7.86. The van der Waals surface area contributed by atoms with Gasteiger partial charge in [-0.05, 0) is 58.5 Å². The minimum absolute atomic E-state index is 0.472. The molecule has 0 aliphatic heterocycles. The number of halogens is 4. The fourth-order valence-electron chi connectivity index (χ4n) is 2.00. The Hall–Kier alpha value is -0.520. The first-order chi connectivity index (χ1) is 9.47. The van der Waals surface area contributed by atoms with E-state index in [1.54, 1.807) is 18.2 Å². The molecule has 0 fully saturated rings. The minimum Gasteiger partial charge on any atom is -0.330 e. The van der Waals surface area contributed by atoms with Gasteiger partial charge in [-0.25, -0.2) is 0 Å². The lowest BCUT2D eigenvalue weighted by Gasteiger charge is -2.08. The Bertz CT molecular complexity index is 885. The Morgan fingerprint density at radius 1 is 1.05 bits per heavy atom. The number of imidazole rings is 1. The van der Waals surface area contributed by atoms with Crippen LogP contribution in [0.4, 0.5) is 0 Å². The van der Waals surface area contributed by atoms with Gasteiger partial charge in [0.15, 0.2) is 4.77 Å². The molecule has 0 bridgehead atoms. The maximum absolute atomic E-state index is 6.10. The van der Waals surface area contributed by atoms with Gasteiger partial charge in [0.1, 0.15) is 0 Å². The molecule has 2 aromatic carbocycles. The van der Waals surface area contributed by atoms with Crippen molar-refractivity contribution in [3.63, 3.8) is 0 Å². The molecule has 3 aromatic rings. The van der Waals surface area contributed by atoms with Crippen molar-refractivity contribution in [3.05, 3.63) is 54.6 Å². The Morgan fingerprint density at radius 3 is 2.50 bits per heavy atom. The lowest BCUT2D eigenvalue weighted by Crippen LogP contribution is -1.95. The van der Waals surface area contributed by atoms with E-state index in [4.69, 9.17) is 47.0 Å². The summed E-state index contributed by atoms with van der Waals surface area (Å²) in [5.74, 6) is 0. The minimum atomic E-state index is 0.472. The van der Waals surface area contributed by atoms with E-state index in [0.717, 1.165) is 21.2 Å². The van der Waals surface area contributed by atoms with Crippen molar-refractivity contribution in [2.75, 3.05) is 0 Å². The van der Waals surface area contributed by atoms with E-state index < -0.39 is 0 Å². The molecule has 0 aliphatic carbocycles. The van der Waals surface area contributed by atoms with Crippen molar-refractivity contribution >= 4 is 74.0 Å². The molecule has 102 valence electrons. The Morgan fingerprint density at radius 2 is 1.75 bits per heavy atom. The van der Waals surface area contributed by atoms with Crippen LogP contribution in [0.5, 0.6) is 0 Å². The smallest absolute Gasteiger partial charge is 0.182 e. The molecular formula is C13H6BrCl3N2S. The second-order valence-electron chi connectivity index (χ2n) is 4.14. The molecule has 1 aromatic heterocycles. The second-order valence-corrected chi connectivity index (χ2v) is 6.64. The summed E-state index contributed by atoms with van der Waals surface area (Å²) >= 11 is 27.1. The molecule has 0 saturated heterocycles. The van der Waals surface area contributed by atoms with Gasteiger partial charge in [0, 0.05) is 9.50 Å². The highest BCUT2D eigenvalue weighted by atomic mass is 79.9. The average molecular weight is 409 g/mol. The highest BCUT2D eigenvalue weighted by molar-refractivity contribution is 9.10. The molecule has 0 atom stereocenters. The summed E-state index contributed by atoms with van der Waals surface area (Å²) in [5, 5.41) is 1.58. The number of nitrogens with one attached hydrogen (secondary N) is 1. The summed E-state index contributed by atoms with van der Waals surface area (Å²) in [6, 6.07) is 9.04. The van der Waals surface area contributed by atoms with Gasteiger partial charge in [0.25, 0.3) is 0 Å². The van der Waals surface area contributed by atoms with Crippen LogP contribution >= 0.6 is 63.0 Å². The van der Waals surface area contributed by atoms with Gasteiger partial charge < -0.3 is 4.98 Å². The summed E-state index contributed by atoms with van der Waals surface area (Å²) in [4.78, 5) is 3.11. The number of hydrogen-bond acceptors (Lipinski definition) is 1. The van der Waals surface area contributed by atoms with Gasteiger partial charge in [0.05, 0.1) is 26.8 Å². The molecule has 2 nitrogen and oxygen atoms in total. The van der Waals surface area contributed by atoms with Crippen molar-refractivity contribution in [1.29, 1.82) is 0 Å². The number of aromatic nitrogens is 2. The molecule has 7 heteroatoms. The Balaban J connectivity index is 2.42. The standard InChI is InChI=1S/C13H6BrCl3N2S/c14-7-2-1-6(15)3-11(7)19-12-5-9(17)8(16)4-10(12)18-13(19)20/h1-5H,(H,18,20). The van der Waals surface area contributed by atoms with Crippen molar-refractivity contribution in [2.45, 2.75) is 0 Å². The van der Waals surface area contributed by atoms with Crippen LogP contribution in [-0.4, -0.2) is 9.55 Å². The lowest BCUT2D eigenvalue weighted by atomic mass is 10.3. The quantitative estimate of drug-likeness (QED) is 0.461. The summed E-state index contributed by atoms with van der Waals surface area (Å²) in [7, 11) is 0. The van der Waals surface area contributed by atoms with Crippen LogP contribution in [0.1, 0.15) is 0 Å². The van der Waals surface area contributed by atoms with Crippen molar-refractivity contribution in [2.24, 2.45) is 0 Å². The summed E-state index contributed by atoms with van der Waals surface area (Å²) in [6.07, 6.45) is 0. The zero-order chi connectivity index (χ0) is 14.4. The Kier molecular flexibility index (Phi) is 3.86. The second kappa shape index (κ2) is 5.35. The van der Waals surface area contributed by atoms with E-state index in [-0.39, 0.29) is 0 Å². The summed E-state index contributed by atoms with van der Waals surface area (Å²) in [5.41, 5.74) is 2.50. The van der Waals surface area contributed by atoms with Crippen LogP contribution in [-0.2, 0) is 0 Å². The number of rotatable bonds is 1. The van der Waals surface area contributed by atoms with Crippen LogP contribution in [0, 0.1) is 4.77 Å². The van der Waals surface area contributed by atoms with Gasteiger partial charge in [-0.2, -0.15) is 0 Å². The SMILES string of the molecule is S=c1[nH]c2cc(Cl)c(Cl)cc2n1-c1cc(Cl)ccc1Br. The van der Waals surface area contributed by atoms with E-state index >= 15 is 0 Å². The Labute approximate surface area is 143 Å². The van der Waals surface area contributed by atoms with Crippen molar-refractivity contribution < 1.29 is 0 Å². The normalized spacial score (nSPS) is 11.2. The topological polar surface area (TPSA) is 20.7 Å². The van der Waals surface area contributed by atoms with E-state index in [9.17, 15) is 0 Å². The van der Waals surface area contributed by atoms with Crippen LogP contribution in [0.2, 0.25) is 15.1 Å². The third-order valence-electron chi connectivity index (χ3n) is 2.87. The lowest BCUT2D eigenvalue weighted by molar-refractivity contribution is 1.06. The van der Waals surface area contributed by atoms with Crippen LogP contribution in [0.25, 0.3) is 16.7 Å². The zero-order valence-electron chi connectivity index (χ0n) is 9.75. The van der Waals surface area contributed by atoms with Crippen molar-refractivity contribution in [3.8, 4) is 5.69 Å². The molecule has 0 spiro atoms. The predicted molar refractivity (Wildman–Crippen MR) is 91.2 cm³/mol. The number of nitrogens with zero attached hydrogens (tertiary/aromatic N) is 1. The third kappa shape index (κ3) is 2.40. The zero-order valence-corrected chi connectivity index (χ0v) is 14.4. The molecule has 0 aliphatic rings. The molecule has 20 heavy (non-hydrogen) atoms. The molecule has 1 heterocycles. The number of benzene rings is 2. The molecule has 0 saturated carbocycles. The molecule has 3 rings (SSSR count). The van der Waals surface area contributed by atoms with E-state index in [2.05, 4.69) is 20.9 Å². The number of H-pyrrole nitrogens is 1. The first-order valence-electron chi connectivity index (χ1n) is 5.52. The number of aromatic amines is 1. The van der Waals surface area contributed by atoms with E-state index in [1.807, 2.05) is 16.7 Å². The molecule has 0 amide bonds. The van der Waals surface area contributed by atoms with E-state index in [1.165, 1.54) is 0 Å². The summed E-state index contributed by atoms with van der Waals surface area (Å²) in [6.45, 7) is 0. The van der Waals surface area contributed by atoms with Gasteiger partial charge in [-0.15, -0.1) is 0 Å². The molecule has 1 N–H and O–H groups in total. The van der Waals surface area contributed by atoms with Crippen molar-refractivity contribution in [1.82, 2.24) is 9.55 Å². The monoisotopic (exact) mass is 406 g/mol. The van der Waals surface area contributed by atoms with E-state index in [0.29, 0.717) is 19.8 Å². The van der Waals surface area contributed by atoms with Crippen LogP contribution < -0.4 is 0 Å². The maximum Gasteiger partial charge on any atom is 0.182 e. The first kappa shape index (κ1) is 14.4. The largest absolute Gasteiger partial charge is 0.330 e. The van der Waals surface area contributed by atoms with Crippen LogP contribution in [0.15, 0.2) is 34.8 Å². The highest BCUT2D eigenvalue weighted by Gasteiger charge is 2.12. The highest BCUT2D eigenvalue weighted by Crippen LogP contribution is 2.32. The van der Waals surface area contributed by atoms with Gasteiger partial charge in [-0.3, -0.25) is 4.57 Å². The van der Waals surface area contributed by atoms with Crippen LogP contribution in [0.3, 0.4) is 0 Å². The predicted octanol–water partition coefficient (Wildman–Crippen LogP) is 6.41. The number of hydrogen-bond donors (Lipinski definition) is 1. The molecular weight excluding hydrogens is 402 g/mol. The maximum atomic E-state index is 6.10. The fourth-order valence-corrected chi connectivity index (χ4v) is 3.22.